The zero-order valence-electron chi connectivity index (χ0n) is 13.9. The highest BCUT2D eigenvalue weighted by Crippen LogP contribution is 2.28. The van der Waals surface area contributed by atoms with Crippen LogP contribution in [0, 0.1) is 0 Å². The van der Waals surface area contributed by atoms with E-state index in [1.54, 1.807) is 0 Å². The normalized spacial score (nSPS) is 30.5. The Morgan fingerprint density at radius 3 is 2.82 bits per heavy atom. The fourth-order valence-corrected chi connectivity index (χ4v) is 3.49. The van der Waals surface area contributed by atoms with E-state index in [1.165, 1.54) is 19.3 Å². The molecule has 0 radical (unpaired) electrons. The Labute approximate surface area is 135 Å². The summed E-state index contributed by atoms with van der Waals surface area (Å²) >= 11 is 0. The Bertz CT molecular complexity index is 402. The fraction of sp³-hybridized carbons (Fsp3) is 0.684. The molecule has 0 amide bonds. The smallest absolute Gasteiger partial charge is 0.0730 e. The largest absolute Gasteiger partial charge is 0.392 e. The maximum absolute atomic E-state index is 9.76. The average Bonchev–Trinajstić information content (AvgIpc) is 2.94. The lowest BCUT2D eigenvalue weighted by Crippen LogP contribution is -2.46. The van der Waals surface area contributed by atoms with Crippen molar-refractivity contribution in [3.8, 4) is 0 Å². The van der Waals surface area contributed by atoms with Gasteiger partial charge in [0.25, 0.3) is 0 Å². The van der Waals surface area contributed by atoms with Gasteiger partial charge >= 0.3 is 0 Å². The summed E-state index contributed by atoms with van der Waals surface area (Å²) in [4.78, 5) is 2.44. The molecule has 0 bridgehead atoms. The zero-order valence-corrected chi connectivity index (χ0v) is 13.9. The summed E-state index contributed by atoms with van der Waals surface area (Å²) in [6, 6.07) is 0.498. The number of nitrogens with zero attached hydrogens (tertiary/aromatic N) is 1. The van der Waals surface area contributed by atoms with Gasteiger partial charge in [0.15, 0.2) is 0 Å². The Kier molecular flexibility index (Phi) is 7.37. The molecule has 1 heterocycles. The number of hydrogen-bond acceptors (Lipinski definition) is 3. The van der Waals surface area contributed by atoms with Gasteiger partial charge in [0, 0.05) is 19.1 Å². The quantitative estimate of drug-likeness (QED) is 0.731. The highest BCUT2D eigenvalue weighted by atomic mass is 16.5. The first kappa shape index (κ1) is 17.5. The van der Waals surface area contributed by atoms with E-state index in [-0.39, 0.29) is 6.10 Å². The van der Waals surface area contributed by atoms with Crippen LogP contribution in [-0.2, 0) is 4.74 Å². The molecule has 2 fully saturated rings. The number of allylic oxidation sites excluding steroid dienone is 4. The number of rotatable bonds is 7. The summed E-state index contributed by atoms with van der Waals surface area (Å²) in [5.74, 6) is 0. The van der Waals surface area contributed by atoms with Crippen LogP contribution in [0.25, 0.3) is 0 Å². The lowest BCUT2D eigenvalue weighted by Gasteiger charge is -2.37. The van der Waals surface area contributed by atoms with Gasteiger partial charge in [-0.15, -0.1) is 0 Å². The van der Waals surface area contributed by atoms with Crippen LogP contribution in [0.2, 0.25) is 0 Å². The second kappa shape index (κ2) is 9.29. The SMILES string of the molecule is C=C(/C=C\C=C/C)CCO[C@H]1CCCC[C@@H]1N1CC[C@H](O)C1. The van der Waals surface area contributed by atoms with Crippen molar-refractivity contribution in [2.75, 3.05) is 19.7 Å². The third kappa shape index (κ3) is 5.38. The number of likely N-dealkylation sites (tertiary alicyclic amines) is 1. The van der Waals surface area contributed by atoms with Gasteiger partial charge in [0.05, 0.1) is 18.8 Å². The van der Waals surface area contributed by atoms with Crippen molar-refractivity contribution in [3.63, 3.8) is 0 Å². The van der Waals surface area contributed by atoms with Crippen LogP contribution < -0.4 is 0 Å². The molecule has 2 rings (SSSR count). The summed E-state index contributed by atoms with van der Waals surface area (Å²) in [5, 5.41) is 9.76. The molecule has 0 aromatic heterocycles. The van der Waals surface area contributed by atoms with Crippen LogP contribution in [0.5, 0.6) is 0 Å². The van der Waals surface area contributed by atoms with Crippen LogP contribution in [-0.4, -0.2) is 48.0 Å². The number of aliphatic hydroxyl groups excluding tert-OH is 1. The molecule has 0 unspecified atom stereocenters. The summed E-state index contributed by atoms with van der Waals surface area (Å²) in [6.45, 7) is 8.67. The standard InChI is InChI=1S/C19H31NO2/c1-3-4-5-8-16(2)12-14-22-19-10-7-6-9-18(19)20-13-11-17(21)15-20/h3-5,8,17-19,21H,2,6-7,9-15H2,1H3/b4-3-,8-5-/t17-,18-,19-/m0/s1. The van der Waals surface area contributed by atoms with Crippen molar-refractivity contribution < 1.29 is 9.84 Å². The van der Waals surface area contributed by atoms with Crippen LogP contribution in [0.4, 0.5) is 0 Å². The molecule has 0 spiro atoms. The maximum atomic E-state index is 9.76. The van der Waals surface area contributed by atoms with Gasteiger partial charge in [-0.2, -0.15) is 0 Å². The minimum atomic E-state index is -0.140. The topological polar surface area (TPSA) is 32.7 Å². The van der Waals surface area contributed by atoms with E-state index in [0.29, 0.717) is 12.1 Å². The van der Waals surface area contributed by atoms with Crippen molar-refractivity contribution in [1.82, 2.24) is 4.90 Å². The third-order valence-electron chi connectivity index (χ3n) is 4.72. The molecule has 3 heteroatoms. The minimum absolute atomic E-state index is 0.140. The van der Waals surface area contributed by atoms with Crippen molar-refractivity contribution in [3.05, 3.63) is 36.5 Å². The molecule has 124 valence electrons. The predicted molar refractivity (Wildman–Crippen MR) is 91.9 cm³/mol. The second-order valence-corrected chi connectivity index (χ2v) is 6.49. The summed E-state index contributed by atoms with van der Waals surface area (Å²) in [6.07, 6.45) is 15.0. The van der Waals surface area contributed by atoms with Crippen molar-refractivity contribution in [1.29, 1.82) is 0 Å². The molecular formula is C19H31NO2. The van der Waals surface area contributed by atoms with E-state index in [9.17, 15) is 5.11 Å². The van der Waals surface area contributed by atoms with E-state index in [1.807, 2.05) is 25.2 Å². The molecule has 0 aromatic carbocycles. The first-order valence-corrected chi connectivity index (χ1v) is 8.71. The van der Waals surface area contributed by atoms with Gasteiger partial charge in [0.2, 0.25) is 0 Å². The maximum Gasteiger partial charge on any atom is 0.0730 e. The Hall–Kier alpha value is -0.900. The van der Waals surface area contributed by atoms with Crippen LogP contribution in [0.1, 0.15) is 45.4 Å². The highest BCUT2D eigenvalue weighted by molar-refractivity contribution is 5.18. The Morgan fingerprint density at radius 2 is 2.09 bits per heavy atom. The van der Waals surface area contributed by atoms with E-state index in [2.05, 4.69) is 17.6 Å². The highest BCUT2D eigenvalue weighted by Gasteiger charge is 2.34. The molecule has 3 atom stereocenters. The lowest BCUT2D eigenvalue weighted by atomic mass is 9.91. The van der Waals surface area contributed by atoms with E-state index in [0.717, 1.165) is 44.5 Å². The molecule has 1 aliphatic carbocycles. The molecule has 3 nitrogen and oxygen atoms in total. The van der Waals surface area contributed by atoms with Crippen molar-refractivity contribution in [2.45, 2.75) is 63.7 Å². The molecule has 1 aliphatic heterocycles. The summed E-state index contributed by atoms with van der Waals surface area (Å²) in [5.41, 5.74) is 1.11. The summed E-state index contributed by atoms with van der Waals surface area (Å²) < 4.78 is 6.18. The van der Waals surface area contributed by atoms with Gasteiger partial charge in [-0.3, -0.25) is 4.90 Å². The number of aliphatic hydroxyl groups is 1. The monoisotopic (exact) mass is 305 g/mol. The predicted octanol–water partition coefficient (Wildman–Crippen LogP) is 3.46. The van der Waals surface area contributed by atoms with E-state index < -0.39 is 0 Å². The zero-order chi connectivity index (χ0) is 15.8. The van der Waals surface area contributed by atoms with Crippen LogP contribution in [0.3, 0.4) is 0 Å². The van der Waals surface area contributed by atoms with Crippen LogP contribution in [0.15, 0.2) is 36.5 Å². The molecule has 2 aliphatic rings. The molecular weight excluding hydrogens is 274 g/mol. The molecule has 1 saturated carbocycles. The van der Waals surface area contributed by atoms with Gasteiger partial charge < -0.3 is 9.84 Å². The van der Waals surface area contributed by atoms with Gasteiger partial charge in [-0.05, 0) is 32.6 Å². The lowest BCUT2D eigenvalue weighted by molar-refractivity contribution is -0.0314. The van der Waals surface area contributed by atoms with Crippen molar-refractivity contribution in [2.24, 2.45) is 0 Å². The number of hydrogen-bond donors (Lipinski definition) is 1. The second-order valence-electron chi connectivity index (χ2n) is 6.49. The molecule has 1 saturated heterocycles. The summed E-state index contributed by atoms with van der Waals surface area (Å²) in [7, 11) is 0. The number of ether oxygens (including phenoxy) is 1. The molecule has 0 aromatic rings. The molecule has 1 N–H and O–H groups in total. The van der Waals surface area contributed by atoms with Gasteiger partial charge in [0.1, 0.15) is 0 Å². The number of β-amino-alcohol motifs (C(OH)–C–C–N with tert-alkyl or cyclic N) is 1. The first-order chi connectivity index (χ1) is 10.7. The molecule has 22 heavy (non-hydrogen) atoms. The fourth-order valence-electron chi connectivity index (χ4n) is 3.49. The Balaban J connectivity index is 1.75. The van der Waals surface area contributed by atoms with Crippen molar-refractivity contribution >= 4 is 0 Å². The van der Waals surface area contributed by atoms with E-state index >= 15 is 0 Å². The minimum Gasteiger partial charge on any atom is -0.392 e. The van der Waals surface area contributed by atoms with Crippen LogP contribution >= 0.6 is 0 Å². The Morgan fingerprint density at radius 1 is 1.27 bits per heavy atom. The van der Waals surface area contributed by atoms with E-state index in [4.69, 9.17) is 4.74 Å². The average molecular weight is 305 g/mol. The first-order valence-electron chi connectivity index (χ1n) is 8.71. The van der Waals surface area contributed by atoms with Gasteiger partial charge in [-0.25, -0.2) is 0 Å². The third-order valence-corrected chi connectivity index (χ3v) is 4.72. The van der Waals surface area contributed by atoms with Gasteiger partial charge in [-0.1, -0.05) is 49.3 Å².